The van der Waals surface area contributed by atoms with Crippen molar-refractivity contribution in [2.24, 2.45) is 0 Å². The van der Waals surface area contributed by atoms with Crippen molar-refractivity contribution in [2.75, 3.05) is 12.4 Å². The van der Waals surface area contributed by atoms with Gasteiger partial charge in [-0.1, -0.05) is 30.3 Å². The molecule has 5 heteroatoms. The number of carbonyl (C=O) groups is 2. The summed E-state index contributed by atoms with van der Waals surface area (Å²) in [6.07, 6.45) is 0. The van der Waals surface area contributed by atoms with Gasteiger partial charge in [0, 0.05) is 17.3 Å². The van der Waals surface area contributed by atoms with Crippen molar-refractivity contribution in [3.05, 3.63) is 82.0 Å². The van der Waals surface area contributed by atoms with Gasteiger partial charge >= 0.3 is 0 Å². The van der Waals surface area contributed by atoms with E-state index in [0.717, 1.165) is 0 Å². The Kier molecular flexibility index (Phi) is 4.72. The van der Waals surface area contributed by atoms with Gasteiger partial charge < -0.3 is 10.1 Å². The molecule has 24 heavy (non-hydrogen) atoms. The van der Waals surface area contributed by atoms with Crippen LogP contribution < -0.4 is 10.1 Å². The molecule has 1 heterocycles. The van der Waals surface area contributed by atoms with E-state index >= 15 is 0 Å². The summed E-state index contributed by atoms with van der Waals surface area (Å²) in [5, 5.41) is 4.65. The Labute approximate surface area is 143 Å². The highest BCUT2D eigenvalue weighted by atomic mass is 32.1. The third kappa shape index (κ3) is 3.36. The molecule has 4 nitrogen and oxygen atoms in total. The van der Waals surface area contributed by atoms with Gasteiger partial charge in [-0.05, 0) is 29.6 Å². The first kappa shape index (κ1) is 16.0. The number of rotatable bonds is 5. The predicted molar refractivity (Wildman–Crippen MR) is 95.1 cm³/mol. The van der Waals surface area contributed by atoms with Crippen LogP contribution in [0.2, 0.25) is 0 Å². The lowest BCUT2D eigenvalue weighted by Crippen LogP contribution is -2.16. The Bertz CT molecular complexity index is 872. The summed E-state index contributed by atoms with van der Waals surface area (Å²) in [6, 6.07) is 17.5. The molecule has 3 rings (SSSR count). The van der Waals surface area contributed by atoms with Crippen molar-refractivity contribution < 1.29 is 14.3 Å². The van der Waals surface area contributed by atoms with E-state index in [0.29, 0.717) is 27.4 Å². The molecule has 0 saturated heterocycles. The lowest BCUT2D eigenvalue weighted by molar-refractivity contribution is 0.0998. The molecular weight excluding hydrogens is 322 g/mol. The maximum Gasteiger partial charge on any atom is 0.256 e. The van der Waals surface area contributed by atoms with E-state index in [9.17, 15) is 9.59 Å². The van der Waals surface area contributed by atoms with Gasteiger partial charge in [0.1, 0.15) is 5.75 Å². The number of hydrogen-bond acceptors (Lipinski definition) is 4. The topological polar surface area (TPSA) is 55.4 Å². The summed E-state index contributed by atoms with van der Waals surface area (Å²) in [4.78, 5) is 25.8. The molecule has 2 aromatic carbocycles. The van der Waals surface area contributed by atoms with Crippen LogP contribution in [0.25, 0.3) is 0 Å². The van der Waals surface area contributed by atoms with E-state index in [1.165, 1.54) is 11.3 Å². The third-order valence-corrected chi connectivity index (χ3v) is 4.36. The number of carbonyl (C=O) groups excluding carboxylic acids is 2. The van der Waals surface area contributed by atoms with Crippen LogP contribution in [0.5, 0.6) is 5.75 Å². The molecule has 1 amide bonds. The maximum absolute atomic E-state index is 12.6. The number of nitrogens with one attached hydrogen (secondary N) is 1. The summed E-state index contributed by atoms with van der Waals surface area (Å²) >= 11 is 1.36. The molecule has 1 N–H and O–H groups in total. The number of thiophene rings is 1. The van der Waals surface area contributed by atoms with Gasteiger partial charge in [-0.2, -0.15) is 0 Å². The molecule has 0 unspecified atom stereocenters. The zero-order chi connectivity index (χ0) is 16.9. The van der Waals surface area contributed by atoms with Crippen LogP contribution in [-0.4, -0.2) is 18.8 Å². The van der Waals surface area contributed by atoms with Crippen LogP contribution in [0.4, 0.5) is 5.69 Å². The lowest BCUT2D eigenvalue weighted by atomic mass is 10.0. The summed E-state index contributed by atoms with van der Waals surface area (Å²) in [6.45, 7) is 0. The second-order valence-corrected chi connectivity index (χ2v) is 5.99. The van der Waals surface area contributed by atoms with Crippen LogP contribution in [-0.2, 0) is 0 Å². The average molecular weight is 337 g/mol. The minimum atomic E-state index is -0.330. The first-order valence-corrected chi connectivity index (χ1v) is 8.19. The molecule has 3 aromatic rings. The van der Waals surface area contributed by atoms with Crippen LogP contribution in [0, 0.1) is 0 Å². The maximum atomic E-state index is 12.6. The molecule has 0 aliphatic rings. The van der Waals surface area contributed by atoms with E-state index < -0.39 is 0 Å². The second kappa shape index (κ2) is 7.10. The molecule has 0 aliphatic carbocycles. The molecule has 0 aliphatic heterocycles. The first-order chi connectivity index (χ1) is 11.7. The number of ketones is 1. The Morgan fingerprint density at radius 1 is 0.958 bits per heavy atom. The number of hydrogen-bond donors (Lipinski definition) is 1. The molecule has 0 radical (unpaired) electrons. The highest BCUT2D eigenvalue weighted by molar-refractivity contribution is 7.12. The fourth-order valence-electron chi connectivity index (χ4n) is 2.32. The van der Waals surface area contributed by atoms with E-state index in [2.05, 4.69) is 5.32 Å². The summed E-state index contributed by atoms with van der Waals surface area (Å²) in [7, 11) is 1.57. The summed E-state index contributed by atoms with van der Waals surface area (Å²) in [5.41, 5.74) is 1.34. The monoisotopic (exact) mass is 337 g/mol. The average Bonchev–Trinajstić information content (AvgIpc) is 3.16. The SMILES string of the molecule is COc1cccc(NC(=O)c2ccccc2C(=O)c2cccs2)c1. The van der Waals surface area contributed by atoms with Gasteiger partial charge in [0.25, 0.3) is 5.91 Å². The first-order valence-electron chi connectivity index (χ1n) is 7.31. The number of amides is 1. The van der Waals surface area contributed by atoms with Crippen LogP contribution in [0.1, 0.15) is 25.6 Å². The Balaban J connectivity index is 1.89. The fraction of sp³-hybridized carbons (Fsp3) is 0.0526. The van der Waals surface area contributed by atoms with Crippen molar-refractivity contribution in [3.63, 3.8) is 0 Å². The third-order valence-electron chi connectivity index (χ3n) is 3.49. The van der Waals surface area contributed by atoms with Gasteiger partial charge in [0.15, 0.2) is 0 Å². The van der Waals surface area contributed by atoms with Gasteiger partial charge in [0.2, 0.25) is 5.78 Å². The molecule has 0 spiro atoms. The number of methoxy groups -OCH3 is 1. The molecule has 0 fully saturated rings. The summed E-state index contributed by atoms with van der Waals surface area (Å²) < 4.78 is 5.15. The molecule has 0 saturated carbocycles. The zero-order valence-electron chi connectivity index (χ0n) is 13.0. The van der Waals surface area contributed by atoms with Crippen molar-refractivity contribution in [1.29, 1.82) is 0 Å². The van der Waals surface area contributed by atoms with Crippen LogP contribution in [0.3, 0.4) is 0 Å². The molecular formula is C19H15NO3S. The Morgan fingerprint density at radius 3 is 2.46 bits per heavy atom. The standard InChI is InChI=1S/C19H15NO3S/c1-23-14-7-4-6-13(12-14)20-19(22)16-9-3-2-8-15(16)18(21)17-10-5-11-24-17/h2-12H,1H3,(H,20,22). The van der Waals surface area contributed by atoms with E-state index in [1.54, 1.807) is 61.7 Å². The lowest BCUT2D eigenvalue weighted by Gasteiger charge is -2.10. The summed E-state index contributed by atoms with van der Waals surface area (Å²) in [5.74, 6) is 0.167. The molecule has 0 atom stereocenters. The smallest absolute Gasteiger partial charge is 0.256 e. The number of benzene rings is 2. The number of anilines is 1. The van der Waals surface area contributed by atoms with Gasteiger partial charge in [-0.3, -0.25) is 9.59 Å². The minimum Gasteiger partial charge on any atom is -0.497 e. The van der Waals surface area contributed by atoms with E-state index in [1.807, 2.05) is 11.4 Å². The quantitative estimate of drug-likeness (QED) is 0.709. The molecule has 1 aromatic heterocycles. The highest BCUT2D eigenvalue weighted by Crippen LogP contribution is 2.21. The van der Waals surface area contributed by atoms with E-state index in [4.69, 9.17) is 4.74 Å². The Hall–Kier alpha value is -2.92. The Morgan fingerprint density at radius 2 is 1.75 bits per heavy atom. The van der Waals surface area contributed by atoms with Crippen LogP contribution in [0.15, 0.2) is 66.0 Å². The van der Waals surface area contributed by atoms with Crippen molar-refractivity contribution in [3.8, 4) is 5.75 Å². The molecule has 0 bridgehead atoms. The zero-order valence-corrected chi connectivity index (χ0v) is 13.8. The minimum absolute atomic E-state index is 0.151. The second-order valence-electron chi connectivity index (χ2n) is 5.04. The van der Waals surface area contributed by atoms with Gasteiger partial charge in [0.05, 0.1) is 17.6 Å². The van der Waals surface area contributed by atoms with Crippen LogP contribution >= 0.6 is 11.3 Å². The van der Waals surface area contributed by atoms with Gasteiger partial charge in [-0.15, -0.1) is 11.3 Å². The van der Waals surface area contributed by atoms with Crippen molar-refractivity contribution in [1.82, 2.24) is 0 Å². The largest absolute Gasteiger partial charge is 0.497 e. The van der Waals surface area contributed by atoms with Crippen molar-refractivity contribution in [2.45, 2.75) is 0 Å². The van der Waals surface area contributed by atoms with Crippen molar-refractivity contribution >= 4 is 28.7 Å². The van der Waals surface area contributed by atoms with E-state index in [-0.39, 0.29) is 11.7 Å². The fourth-order valence-corrected chi connectivity index (χ4v) is 3.00. The normalized spacial score (nSPS) is 10.2. The predicted octanol–water partition coefficient (Wildman–Crippen LogP) is 4.24. The highest BCUT2D eigenvalue weighted by Gasteiger charge is 2.18. The molecule has 120 valence electrons. The van der Waals surface area contributed by atoms with Gasteiger partial charge in [-0.25, -0.2) is 0 Å². The number of ether oxygens (including phenoxy) is 1.